The standard InChI is InChI=1S/C23H28N4O/c1-18-3-6-20(7-4-18)22-9-8-21(28-22)17-24-15-19-5-10-23(25-16-19)27-13-11-26(2)12-14-27/h3-10,16,24H,11-15,17H2,1-2H3. The lowest BCUT2D eigenvalue weighted by Crippen LogP contribution is -2.44. The Morgan fingerprint density at radius 3 is 2.43 bits per heavy atom. The summed E-state index contributed by atoms with van der Waals surface area (Å²) >= 11 is 0. The molecule has 0 spiro atoms. The summed E-state index contributed by atoms with van der Waals surface area (Å²) in [5, 5.41) is 3.44. The second-order valence-electron chi connectivity index (χ2n) is 7.55. The van der Waals surface area contributed by atoms with E-state index in [1.54, 1.807) is 0 Å². The normalized spacial score (nSPS) is 15.1. The minimum absolute atomic E-state index is 0.700. The van der Waals surface area contributed by atoms with Gasteiger partial charge in [-0.3, -0.25) is 0 Å². The Hall–Kier alpha value is -2.63. The van der Waals surface area contributed by atoms with Crippen LogP contribution in [-0.2, 0) is 13.1 Å². The molecule has 3 aromatic rings. The van der Waals surface area contributed by atoms with E-state index in [9.17, 15) is 0 Å². The predicted molar refractivity (Wildman–Crippen MR) is 113 cm³/mol. The highest BCUT2D eigenvalue weighted by Crippen LogP contribution is 2.22. The first-order valence-electron chi connectivity index (χ1n) is 9.92. The van der Waals surface area contributed by atoms with E-state index in [1.807, 2.05) is 18.3 Å². The number of hydrogen-bond donors (Lipinski definition) is 1. The van der Waals surface area contributed by atoms with E-state index in [0.29, 0.717) is 6.54 Å². The maximum atomic E-state index is 5.97. The molecule has 2 aromatic heterocycles. The molecule has 0 radical (unpaired) electrons. The van der Waals surface area contributed by atoms with Crippen molar-refractivity contribution in [3.63, 3.8) is 0 Å². The van der Waals surface area contributed by atoms with Crippen molar-refractivity contribution < 1.29 is 4.42 Å². The largest absolute Gasteiger partial charge is 0.460 e. The lowest BCUT2D eigenvalue weighted by molar-refractivity contribution is 0.312. The van der Waals surface area contributed by atoms with E-state index in [2.05, 4.69) is 70.5 Å². The highest BCUT2D eigenvalue weighted by atomic mass is 16.3. The summed E-state index contributed by atoms with van der Waals surface area (Å²) in [5.41, 5.74) is 3.55. The number of aryl methyl sites for hydroxylation is 1. The second-order valence-corrected chi connectivity index (χ2v) is 7.55. The zero-order chi connectivity index (χ0) is 19.3. The summed E-state index contributed by atoms with van der Waals surface area (Å²) in [5.74, 6) is 2.93. The molecule has 1 N–H and O–H groups in total. The van der Waals surface area contributed by atoms with Gasteiger partial charge in [0.15, 0.2) is 0 Å². The fourth-order valence-corrected chi connectivity index (χ4v) is 3.42. The number of hydrogen-bond acceptors (Lipinski definition) is 5. The highest BCUT2D eigenvalue weighted by Gasteiger charge is 2.14. The van der Waals surface area contributed by atoms with Gasteiger partial charge in [-0.2, -0.15) is 0 Å². The molecule has 146 valence electrons. The van der Waals surface area contributed by atoms with Crippen LogP contribution >= 0.6 is 0 Å². The predicted octanol–water partition coefficient (Wildman–Crippen LogP) is 3.69. The summed E-state index contributed by atoms with van der Waals surface area (Å²) in [7, 11) is 2.17. The maximum Gasteiger partial charge on any atom is 0.134 e. The number of pyridine rings is 1. The van der Waals surface area contributed by atoms with Gasteiger partial charge in [-0.1, -0.05) is 35.9 Å². The lowest BCUT2D eigenvalue weighted by Gasteiger charge is -2.33. The van der Waals surface area contributed by atoms with Crippen LogP contribution in [0.5, 0.6) is 0 Å². The van der Waals surface area contributed by atoms with Crippen LogP contribution in [0.3, 0.4) is 0 Å². The molecule has 1 fully saturated rings. The quantitative estimate of drug-likeness (QED) is 0.711. The summed E-state index contributed by atoms with van der Waals surface area (Å²) in [6.45, 7) is 7.85. The molecule has 1 aliphatic heterocycles. The molecule has 0 aliphatic carbocycles. The summed E-state index contributed by atoms with van der Waals surface area (Å²) in [4.78, 5) is 9.36. The number of nitrogens with one attached hydrogen (secondary N) is 1. The number of rotatable bonds is 6. The average molecular weight is 377 g/mol. The molecule has 0 amide bonds. The van der Waals surface area contributed by atoms with Crippen molar-refractivity contribution in [2.24, 2.45) is 0 Å². The van der Waals surface area contributed by atoms with Gasteiger partial charge < -0.3 is 19.5 Å². The van der Waals surface area contributed by atoms with Crippen LogP contribution in [-0.4, -0.2) is 43.1 Å². The van der Waals surface area contributed by atoms with Gasteiger partial charge in [0.1, 0.15) is 17.3 Å². The first-order chi connectivity index (χ1) is 13.7. The van der Waals surface area contributed by atoms with Gasteiger partial charge in [-0.15, -0.1) is 0 Å². The summed E-state index contributed by atoms with van der Waals surface area (Å²) in [6, 6.07) is 16.8. The summed E-state index contributed by atoms with van der Waals surface area (Å²) in [6.07, 6.45) is 1.97. The van der Waals surface area contributed by atoms with Crippen LogP contribution in [0.2, 0.25) is 0 Å². The Kier molecular flexibility index (Phi) is 5.74. The van der Waals surface area contributed by atoms with Crippen molar-refractivity contribution in [2.45, 2.75) is 20.0 Å². The molecule has 0 atom stereocenters. The number of anilines is 1. The summed E-state index contributed by atoms with van der Waals surface area (Å²) < 4.78 is 5.97. The second kappa shape index (κ2) is 8.59. The van der Waals surface area contributed by atoms with E-state index < -0.39 is 0 Å². The molecule has 4 rings (SSSR count). The third-order valence-electron chi connectivity index (χ3n) is 5.26. The SMILES string of the molecule is Cc1ccc(-c2ccc(CNCc3ccc(N4CCN(C)CC4)nc3)o2)cc1. The topological polar surface area (TPSA) is 44.5 Å². The first-order valence-corrected chi connectivity index (χ1v) is 9.92. The number of piperazine rings is 1. The molecule has 0 bridgehead atoms. The van der Waals surface area contributed by atoms with Gasteiger partial charge in [-0.25, -0.2) is 4.98 Å². The minimum Gasteiger partial charge on any atom is -0.460 e. The monoisotopic (exact) mass is 376 g/mol. The number of likely N-dealkylation sites (N-methyl/N-ethyl adjacent to an activating group) is 1. The molecule has 0 unspecified atom stereocenters. The van der Waals surface area contributed by atoms with Gasteiger partial charge in [0, 0.05) is 44.5 Å². The molecular weight excluding hydrogens is 348 g/mol. The molecule has 5 heteroatoms. The molecule has 3 heterocycles. The van der Waals surface area contributed by atoms with Crippen molar-refractivity contribution in [3.8, 4) is 11.3 Å². The minimum atomic E-state index is 0.700. The Balaban J connectivity index is 1.28. The van der Waals surface area contributed by atoms with Crippen LogP contribution in [0.15, 0.2) is 59.1 Å². The van der Waals surface area contributed by atoms with Crippen LogP contribution < -0.4 is 10.2 Å². The highest BCUT2D eigenvalue weighted by molar-refractivity contribution is 5.57. The molecule has 1 saturated heterocycles. The van der Waals surface area contributed by atoms with Crippen molar-refractivity contribution in [3.05, 3.63) is 71.6 Å². The number of aromatic nitrogens is 1. The van der Waals surface area contributed by atoms with Gasteiger partial charge >= 0.3 is 0 Å². The smallest absolute Gasteiger partial charge is 0.134 e. The molecular formula is C23H28N4O. The van der Waals surface area contributed by atoms with Crippen LogP contribution in [0, 0.1) is 6.92 Å². The average Bonchev–Trinajstić information content (AvgIpc) is 3.19. The lowest BCUT2D eigenvalue weighted by atomic mass is 10.1. The maximum absolute atomic E-state index is 5.97. The zero-order valence-corrected chi connectivity index (χ0v) is 16.7. The van der Waals surface area contributed by atoms with E-state index in [1.165, 1.54) is 11.1 Å². The molecule has 1 aromatic carbocycles. The van der Waals surface area contributed by atoms with E-state index in [0.717, 1.165) is 55.6 Å². The van der Waals surface area contributed by atoms with Crippen molar-refractivity contribution in [1.82, 2.24) is 15.2 Å². The van der Waals surface area contributed by atoms with Crippen LogP contribution in [0.1, 0.15) is 16.9 Å². The number of benzene rings is 1. The first kappa shape index (κ1) is 18.7. The van der Waals surface area contributed by atoms with E-state index in [-0.39, 0.29) is 0 Å². The number of nitrogens with zero attached hydrogens (tertiary/aromatic N) is 3. The molecule has 0 saturated carbocycles. The zero-order valence-electron chi connectivity index (χ0n) is 16.7. The molecule has 1 aliphatic rings. The van der Waals surface area contributed by atoms with Crippen molar-refractivity contribution in [2.75, 3.05) is 38.1 Å². The Bertz CT molecular complexity index is 878. The molecule has 28 heavy (non-hydrogen) atoms. The Morgan fingerprint density at radius 1 is 0.929 bits per heavy atom. The van der Waals surface area contributed by atoms with E-state index in [4.69, 9.17) is 4.42 Å². The fraction of sp³-hybridized carbons (Fsp3) is 0.348. The Labute approximate surface area is 167 Å². The van der Waals surface area contributed by atoms with Gasteiger partial charge in [0.05, 0.1) is 6.54 Å². The van der Waals surface area contributed by atoms with Gasteiger partial charge in [0.25, 0.3) is 0 Å². The van der Waals surface area contributed by atoms with Crippen molar-refractivity contribution in [1.29, 1.82) is 0 Å². The van der Waals surface area contributed by atoms with E-state index >= 15 is 0 Å². The van der Waals surface area contributed by atoms with Crippen LogP contribution in [0.25, 0.3) is 11.3 Å². The fourth-order valence-electron chi connectivity index (χ4n) is 3.42. The van der Waals surface area contributed by atoms with Gasteiger partial charge in [-0.05, 0) is 37.7 Å². The van der Waals surface area contributed by atoms with Crippen molar-refractivity contribution >= 4 is 5.82 Å². The third kappa shape index (κ3) is 4.61. The molecule has 5 nitrogen and oxygen atoms in total. The number of furan rings is 1. The van der Waals surface area contributed by atoms with Gasteiger partial charge in [0.2, 0.25) is 0 Å². The third-order valence-corrected chi connectivity index (χ3v) is 5.26. The van der Waals surface area contributed by atoms with Crippen LogP contribution in [0.4, 0.5) is 5.82 Å². The Morgan fingerprint density at radius 2 is 1.71 bits per heavy atom.